The molecule has 0 spiro atoms. The molecule has 2 aromatic heterocycles. The van der Waals surface area contributed by atoms with Gasteiger partial charge in [0.2, 0.25) is 0 Å². The second-order valence-electron chi connectivity index (χ2n) is 7.64. The van der Waals surface area contributed by atoms with E-state index in [1.807, 2.05) is 0 Å². The second kappa shape index (κ2) is 8.63. The molecule has 2 aromatic rings. The van der Waals surface area contributed by atoms with Crippen molar-refractivity contribution >= 4 is 30.5 Å². The quantitative estimate of drug-likeness (QED) is 0.230. The molecule has 1 saturated carbocycles. The Morgan fingerprint density at radius 2 is 2.06 bits per heavy atom. The fourth-order valence-corrected chi connectivity index (χ4v) is 4.09. The number of aromatic nitrogens is 4. The number of ether oxygens (including phenoxy) is 3. The molecule has 1 aliphatic heterocycles. The number of nitrogen functional groups attached to an aromatic ring is 1. The number of nitrogens with zero attached hydrogens (tertiary/aromatic N) is 4. The van der Waals surface area contributed by atoms with Crippen LogP contribution in [0.15, 0.2) is 6.33 Å². The Labute approximate surface area is 181 Å². The van der Waals surface area contributed by atoms with Crippen LogP contribution in [0.3, 0.4) is 0 Å². The average Bonchev–Trinajstić information content (AvgIpc) is 3.42. The molecule has 4 rings (SSSR count). The summed E-state index contributed by atoms with van der Waals surface area (Å²) < 4.78 is 28.4. The Morgan fingerprint density at radius 3 is 2.69 bits per heavy atom. The van der Waals surface area contributed by atoms with E-state index in [4.69, 9.17) is 15.2 Å². The number of hydrogen-bond acceptors (Lipinski definition) is 11. The van der Waals surface area contributed by atoms with E-state index in [0.717, 1.165) is 12.8 Å². The monoisotopic (exact) mass is 473 g/mol. The third-order valence-corrected chi connectivity index (χ3v) is 6.20. The number of fused-ring (bicyclic) bond motifs is 1. The number of aliphatic hydroxyl groups is 2. The minimum absolute atomic E-state index is 0.108. The maximum Gasteiger partial charge on any atom is 0.365 e. The molecule has 15 heteroatoms. The lowest BCUT2D eigenvalue weighted by atomic mass is 10.1. The first-order valence-electron chi connectivity index (χ1n) is 9.96. The van der Waals surface area contributed by atoms with Crippen LogP contribution >= 0.6 is 7.60 Å². The van der Waals surface area contributed by atoms with Gasteiger partial charge in [-0.15, -0.1) is 0 Å². The zero-order chi connectivity index (χ0) is 23.2. The van der Waals surface area contributed by atoms with E-state index in [0.29, 0.717) is 17.0 Å². The number of aliphatic hydroxyl groups excluding tert-OH is 2. The van der Waals surface area contributed by atoms with Gasteiger partial charge in [-0.3, -0.25) is 9.13 Å². The van der Waals surface area contributed by atoms with Crippen LogP contribution in [0.5, 0.6) is 0 Å². The molecule has 0 radical (unpaired) electrons. The van der Waals surface area contributed by atoms with Crippen LogP contribution in [0.4, 0.5) is 5.82 Å². The Morgan fingerprint density at radius 1 is 1.34 bits per heavy atom. The molecule has 2 fully saturated rings. The molecular weight excluding hydrogens is 449 g/mol. The average molecular weight is 473 g/mol. The molecule has 1 saturated heterocycles. The summed E-state index contributed by atoms with van der Waals surface area (Å²) in [6.45, 7) is 0.768. The van der Waals surface area contributed by atoms with Gasteiger partial charge in [-0.1, -0.05) is 0 Å². The molecule has 14 nitrogen and oxygen atoms in total. The zero-order valence-corrected chi connectivity index (χ0v) is 17.9. The number of carbonyl (C=O) groups excluding carboxylic acids is 1. The minimum atomic E-state index is -5.01. The highest BCUT2D eigenvalue weighted by Crippen LogP contribution is 2.43. The van der Waals surface area contributed by atoms with Crippen LogP contribution in [0.25, 0.3) is 11.2 Å². The first kappa shape index (κ1) is 23.0. The molecule has 0 amide bonds. The number of imidazole rings is 1. The second-order valence-corrected chi connectivity index (χ2v) is 9.29. The molecule has 32 heavy (non-hydrogen) atoms. The highest BCUT2D eigenvalue weighted by atomic mass is 31.2. The summed E-state index contributed by atoms with van der Waals surface area (Å²) in [6.07, 6.45) is -2.05. The van der Waals surface area contributed by atoms with Crippen molar-refractivity contribution in [3.8, 4) is 0 Å². The summed E-state index contributed by atoms with van der Waals surface area (Å²) >= 11 is 0. The van der Waals surface area contributed by atoms with E-state index in [1.165, 1.54) is 17.8 Å². The van der Waals surface area contributed by atoms with Gasteiger partial charge in [-0.05, 0) is 19.8 Å². The van der Waals surface area contributed by atoms with E-state index >= 15 is 0 Å². The standard InChI is InChI=1S/C17H24N5O9P/c1-2-29-16(25)17(32(26,27)28)30-5-8-10(23)11(24)15(31-8)22-6-19-9-12(18)20-13(7-3-4-7)21-14(9)22/h6-8,10-11,15,17,23-24H,2-5H2,1H3,(H2,18,20,21)(H2,26,27,28)/t8-,10+,11-,15-,17+/m1/s1. The van der Waals surface area contributed by atoms with Gasteiger partial charge < -0.3 is 39.9 Å². The first-order valence-corrected chi connectivity index (χ1v) is 11.6. The Bertz CT molecular complexity index is 1050. The van der Waals surface area contributed by atoms with Crippen molar-refractivity contribution in [1.29, 1.82) is 0 Å². The third-order valence-electron chi connectivity index (χ3n) is 5.23. The van der Waals surface area contributed by atoms with Crippen LogP contribution in [0.2, 0.25) is 0 Å². The van der Waals surface area contributed by atoms with Crippen LogP contribution in [0.1, 0.15) is 37.7 Å². The smallest absolute Gasteiger partial charge is 0.365 e. The number of hydrogen-bond donors (Lipinski definition) is 5. The predicted molar refractivity (Wildman–Crippen MR) is 106 cm³/mol. The number of anilines is 1. The van der Waals surface area contributed by atoms with E-state index in [1.54, 1.807) is 0 Å². The fourth-order valence-electron chi connectivity index (χ4n) is 3.46. The molecule has 3 heterocycles. The van der Waals surface area contributed by atoms with Gasteiger partial charge in [0.05, 0.1) is 19.5 Å². The highest BCUT2D eigenvalue weighted by molar-refractivity contribution is 7.53. The molecule has 0 unspecified atom stereocenters. The van der Waals surface area contributed by atoms with E-state index in [2.05, 4.69) is 19.7 Å². The Kier molecular flexibility index (Phi) is 6.20. The summed E-state index contributed by atoms with van der Waals surface area (Å²) in [6, 6.07) is 0. The first-order chi connectivity index (χ1) is 15.1. The van der Waals surface area contributed by atoms with Crippen molar-refractivity contribution in [2.24, 2.45) is 0 Å². The summed E-state index contributed by atoms with van der Waals surface area (Å²) in [5, 5.41) is 20.9. The number of rotatable bonds is 8. The lowest BCUT2D eigenvalue weighted by Gasteiger charge is -2.20. The van der Waals surface area contributed by atoms with Crippen molar-refractivity contribution in [2.75, 3.05) is 18.9 Å². The lowest BCUT2D eigenvalue weighted by molar-refractivity contribution is -0.155. The molecule has 2 aliphatic rings. The SMILES string of the molecule is CCOC(=O)[C@@H](OC[C@H]1O[C@@H](n2cnc3c(N)nc(C4CC4)nc32)[C@H](O)[C@H]1O)P(=O)(O)O. The van der Waals surface area contributed by atoms with Gasteiger partial charge in [-0.2, -0.15) is 0 Å². The zero-order valence-electron chi connectivity index (χ0n) is 17.0. The van der Waals surface area contributed by atoms with Crippen molar-refractivity contribution in [2.45, 2.75) is 56.1 Å². The van der Waals surface area contributed by atoms with Crippen LogP contribution in [0, 0.1) is 0 Å². The molecule has 0 bridgehead atoms. The molecule has 5 atom stereocenters. The largest absolute Gasteiger partial charge is 0.464 e. The summed E-state index contributed by atoms with van der Waals surface area (Å²) in [5.74, 6) is -2.48. The Hall–Kier alpha value is -2.19. The fraction of sp³-hybridized carbons (Fsp3) is 0.647. The summed E-state index contributed by atoms with van der Waals surface area (Å²) in [4.78, 5) is 43.5. The van der Waals surface area contributed by atoms with Gasteiger partial charge in [0, 0.05) is 5.92 Å². The molecule has 1 aliphatic carbocycles. The molecular formula is C17H24N5O9P. The van der Waals surface area contributed by atoms with Gasteiger partial charge in [0.15, 0.2) is 17.7 Å². The van der Waals surface area contributed by atoms with Gasteiger partial charge >= 0.3 is 13.6 Å². The van der Waals surface area contributed by atoms with Crippen LogP contribution in [-0.4, -0.2) is 82.9 Å². The number of esters is 1. The molecule has 176 valence electrons. The van der Waals surface area contributed by atoms with E-state index < -0.39 is 50.6 Å². The highest BCUT2D eigenvalue weighted by Gasteiger charge is 2.46. The van der Waals surface area contributed by atoms with Gasteiger partial charge in [-0.25, -0.2) is 19.7 Å². The Balaban J connectivity index is 1.53. The lowest BCUT2D eigenvalue weighted by Crippen LogP contribution is -2.36. The molecule has 0 aromatic carbocycles. The predicted octanol–water partition coefficient (Wildman–Crippen LogP) is -1.01. The minimum Gasteiger partial charge on any atom is -0.464 e. The number of nitrogens with two attached hydrogens (primary N) is 1. The van der Waals surface area contributed by atoms with E-state index in [9.17, 15) is 29.4 Å². The van der Waals surface area contributed by atoms with Crippen molar-refractivity contribution < 1.29 is 43.6 Å². The van der Waals surface area contributed by atoms with Gasteiger partial charge in [0.25, 0.3) is 5.85 Å². The third kappa shape index (κ3) is 4.35. The normalized spacial score (nSPS) is 27.0. The topological polar surface area (TPSA) is 212 Å². The van der Waals surface area contributed by atoms with Gasteiger partial charge in [0.1, 0.15) is 29.7 Å². The van der Waals surface area contributed by atoms with Crippen molar-refractivity contribution in [3.05, 3.63) is 12.2 Å². The summed E-state index contributed by atoms with van der Waals surface area (Å²) in [7, 11) is -5.01. The summed E-state index contributed by atoms with van der Waals surface area (Å²) in [5.41, 5.74) is 6.61. The van der Waals surface area contributed by atoms with Crippen LogP contribution in [-0.2, 0) is 23.6 Å². The van der Waals surface area contributed by atoms with Crippen molar-refractivity contribution in [3.63, 3.8) is 0 Å². The van der Waals surface area contributed by atoms with Crippen molar-refractivity contribution in [1.82, 2.24) is 19.5 Å². The van der Waals surface area contributed by atoms with E-state index in [-0.39, 0.29) is 18.3 Å². The van der Waals surface area contributed by atoms with Crippen LogP contribution < -0.4 is 5.73 Å². The maximum absolute atomic E-state index is 11.8. The number of carbonyl (C=O) groups is 1. The maximum atomic E-state index is 11.8. The molecule has 6 N–H and O–H groups in total.